The molecule has 9 heteroatoms. The smallest absolute Gasteiger partial charge is 0.253 e. The molecule has 0 radical (unpaired) electrons. The number of hydrogen-bond donors (Lipinski definition) is 1. The Bertz CT molecular complexity index is 1230. The van der Waals surface area contributed by atoms with Gasteiger partial charge in [-0.1, -0.05) is 24.3 Å². The highest BCUT2D eigenvalue weighted by molar-refractivity contribution is 7.89. The number of amides is 1. The summed E-state index contributed by atoms with van der Waals surface area (Å²) in [6, 6.07) is 14.7. The van der Waals surface area contributed by atoms with E-state index in [4.69, 9.17) is 0 Å². The van der Waals surface area contributed by atoms with Gasteiger partial charge in [0.15, 0.2) is 0 Å². The van der Waals surface area contributed by atoms with Crippen molar-refractivity contribution >= 4 is 21.6 Å². The molecule has 2 heterocycles. The van der Waals surface area contributed by atoms with E-state index in [-0.39, 0.29) is 10.8 Å². The number of benzene rings is 2. The summed E-state index contributed by atoms with van der Waals surface area (Å²) in [5.74, 6) is -0.287. The fraction of sp³-hybridized carbons (Fsp3) is 0.360. The van der Waals surface area contributed by atoms with Crippen molar-refractivity contribution in [2.45, 2.75) is 37.2 Å². The van der Waals surface area contributed by atoms with Gasteiger partial charge in [-0.2, -0.15) is 5.10 Å². The molecule has 3 aromatic rings. The predicted octanol–water partition coefficient (Wildman–Crippen LogP) is 3.10. The maximum absolute atomic E-state index is 13.4. The van der Waals surface area contributed by atoms with Crippen LogP contribution in [0, 0.1) is 0 Å². The summed E-state index contributed by atoms with van der Waals surface area (Å²) in [7, 11) is -0.678. The molecule has 1 aliphatic rings. The third-order valence-corrected chi connectivity index (χ3v) is 7.95. The molecular weight excluding hydrogens is 450 g/mol. The summed E-state index contributed by atoms with van der Waals surface area (Å²) < 4.78 is 28.5. The quantitative estimate of drug-likeness (QED) is 0.534. The zero-order chi connectivity index (χ0) is 24.1. The largest absolute Gasteiger partial charge is 0.371 e. The molecule has 1 saturated heterocycles. The number of hydrogen-bond acceptors (Lipinski definition) is 5. The molecule has 1 aromatic heterocycles. The van der Waals surface area contributed by atoms with Crippen LogP contribution >= 0.6 is 0 Å². The molecule has 8 nitrogen and oxygen atoms in total. The number of carbonyl (C=O) groups is 1. The van der Waals surface area contributed by atoms with E-state index in [1.165, 1.54) is 20.2 Å². The lowest BCUT2D eigenvalue weighted by Crippen LogP contribution is -2.33. The highest BCUT2D eigenvalue weighted by atomic mass is 32.2. The van der Waals surface area contributed by atoms with E-state index < -0.39 is 10.0 Å². The van der Waals surface area contributed by atoms with Crippen molar-refractivity contribution < 1.29 is 13.2 Å². The third-order valence-electron chi connectivity index (χ3n) is 6.14. The second-order valence-electron chi connectivity index (χ2n) is 8.67. The molecule has 0 aliphatic carbocycles. The Morgan fingerprint density at radius 2 is 1.76 bits per heavy atom. The maximum atomic E-state index is 13.4. The third kappa shape index (κ3) is 5.31. The minimum atomic E-state index is -3.66. The van der Waals surface area contributed by atoms with Crippen molar-refractivity contribution in [3.63, 3.8) is 0 Å². The van der Waals surface area contributed by atoms with Gasteiger partial charge in [0.1, 0.15) is 0 Å². The van der Waals surface area contributed by atoms with E-state index in [9.17, 15) is 13.2 Å². The Hall–Kier alpha value is -3.17. The lowest BCUT2D eigenvalue weighted by atomic mass is 10.1. The molecule has 1 N–H and O–H groups in total. The Balaban J connectivity index is 1.60. The number of carbonyl (C=O) groups excluding carboxylic acids is 1. The molecule has 1 amide bonds. The van der Waals surface area contributed by atoms with Gasteiger partial charge in [0, 0.05) is 51.8 Å². The van der Waals surface area contributed by atoms with Gasteiger partial charge in [0.2, 0.25) is 10.0 Å². The van der Waals surface area contributed by atoms with E-state index in [0.29, 0.717) is 18.7 Å². The first kappa shape index (κ1) is 24.0. The fourth-order valence-corrected chi connectivity index (χ4v) is 5.13. The lowest BCUT2D eigenvalue weighted by Gasteiger charge is -2.30. The minimum absolute atomic E-state index is 0.113. The van der Waals surface area contributed by atoms with Crippen LogP contribution in [0.15, 0.2) is 65.8 Å². The molecule has 0 atom stereocenters. The van der Waals surface area contributed by atoms with E-state index in [0.717, 1.165) is 53.5 Å². The number of aromatic nitrogens is 2. The van der Waals surface area contributed by atoms with Crippen LogP contribution in [0.25, 0.3) is 0 Å². The molecule has 34 heavy (non-hydrogen) atoms. The van der Waals surface area contributed by atoms with Gasteiger partial charge < -0.3 is 10.2 Å². The van der Waals surface area contributed by atoms with Crippen LogP contribution in [0.1, 0.15) is 40.7 Å². The van der Waals surface area contributed by atoms with Crippen LogP contribution in [-0.2, 0) is 23.1 Å². The van der Waals surface area contributed by atoms with Crippen molar-refractivity contribution in [2.24, 2.45) is 0 Å². The van der Waals surface area contributed by atoms with Crippen molar-refractivity contribution in [1.29, 1.82) is 0 Å². The van der Waals surface area contributed by atoms with Crippen LogP contribution in [0.2, 0.25) is 0 Å². The average Bonchev–Trinajstić information content (AvgIpc) is 3.36. The molecule has 180 valence electrons. The Labute approximate surface area is 201 Å². The summed E-state index contributed by atoms with van der Waals surface area (Å²) in [6.45, 7) is 2.65. The maximum Gasteiger partial charge on any atom is 0.253 e. The number of anilines is 1. The molecule has 0 bridgehead atoms. The highest BCUT2D eigenvalue weighted by Gasteiger charge is 2.24. The normalized spacial score (nSPS) is 14.4. The van der Waals surface area contributed by atoms with E-state index in [2.05, 4.69) is 15.3 Å². The summed E-state index contributed by atoms with van der Waals surface area (Å²) >= 11 is 0. The van der Waals surface area contributed by atoms with Crippen molar-refractivity contribution in [3.8, 4) is 0 Å². The van der Waals surface area contributed by atoms with Crippen LogP contribution in [0.4, 0.5) is 5.69 Å². The molecule has 1 fully saturated rings. The summed E-state index contributed by atoms with van der Waals surface area (Å²) in [5, 5.41) is 7.29. The molecule has 0 unspecified atom stereocenters. The van der Waals surface area contributed by atoms with Gasteiger partial charge in [0.05, 0.1) is 17.0 Å². The number of sulfonamides is 1. The van der Waals surface area contributed by atoms with Gasteiger partial charge in [-0.3, -0.25) is 9.48 Å². The molecule has 2 aromatic carbocycles. The van der Waals surface area contributed by atoms with E-state index >= 15 is 0 Å². The van der Waals surface area contributed by atoms with Crippen LogP contribution in [0.5, 0.6) is 0 Å². The SMILES string of the molecule is CN(C)S(=O)(=O)c1ccc(N2CCCCC2)c(C(=O)NCc2ccccc2Cn2cccn2)c1. The number of rotatable bonds is 8. The zero-order valence-electron chi connectivity index (χ0n) is 19.6. The minimum Gasteiger partial charge on any atom is -0.371 e. The van der Waals surface area contributed by atoms with Crippen molar-refractivity contribution in [2.75, 3.05) is 32.1 Å². The van der Waals surface area contributed by atoms with Gasteiger partial charge in [-0.05, 0) is 54.7 Å². The van der Waals surface area contributed by atoms with Crippen LogP contribution < -0.4 is 10.2 Å². The Morgan fingerprint density at radius 3 is 2.44 bits per heavy atom. The van der Waals surface area contributed by atoms with Gasteiger partial charge in [-0.25, -0.2) is 12.7 Å². The van der Waals surface area contributed by atoms with Gasteiger partial charge in [-0.15, -0.1) is 0 Å². The Kier molecular flexibility index (Phi) is 7.33. The Morgan fingerprint density at radius 1 is 1.03 bits per heavy atom. The van der Waals surface area contributed by atoms with Crippen molar-refractivity contribution in [1.82, 2.24) is 19.4 Å². The molecule has 0 saturated carbocycles. The van der Waals surface area contributed by atoms with Gasteiger partial charge in [0.25, 0.3) is 5.91 Å². The van der Waals surface area contributed by atoms with E-state index in [1.54, 1.807) is 18.3 Å². The highest BCUT2D eigenvalue weighted by Crippen LogP contribution is 2.28. The molecule has 4 rings (SSSR count). The second kappa shape index (κ2) is 10.4. The lowest BCUT2D eigenvalue weighted by molar-refractivity contribution is 0.0951. The predicted molar refractivity (Wildman–Crippen MR) is 132 cm³/mol. The standard InChI is InChI=1S/C25H31N5O3S/c1-28(2)34(32,33)22-11-12-24(29-14-6-3-7-15-29)23(17-22)25(31)26-18-20-9-4-5-10-21(20)19-30-16-8-13-27-30/h4-5,8-13,16-17H,3,6-7,14-15,18-19H2,1-2H3,(H,26,31). The fourth-order valence-electron chi connectivity index (χ4n) is 4.20. The first-order valence-electron chi connectivity index (χ1n) is 11.5. The topological polar surface area (TPSA) is 87.5 Å². The summed E-state index contributed by atoms with van der Waals surface area (Å²) in [4.78, 5) is 15.7. The monoisotopic (exact) mass is 481 g/mol. The molecule has 0 spiro atoms. The summed E-state index contributed by atoms with van der Waals surface area (Å²) in [5.41, 5.74) is 3.21. The van der Waals surface area contributed by atoms with Crippen LogP contribution in [-0.4, -0.2) is 55.6 Å². The van der Waals surface area contributed by atoms with E-state index in [1.807, 2.05) is 41.2 Å². The average molecular weight is 482 g/mol. The summed E-state index contributed by atoms with van der Waals surface area (Å²) in [6.07, 6.45) is 6.91. The first-order valence-corrected chi connectivity index (χ1v) is 12.9. The number of nitrogens with one attached hydrogen (secondary N) is 1. The zero-order valence-corrected chi connectivity index (χ0v) is 20.5. The molecule has 1 aliphatic heterocycles. The van der Waals surface area contributed by atoms with Crippen LogP contribution in [0.3, 0.4) is 0 Å². The van der Waals surface area contributed by atoms with Crippen molar-refractivity contribution in [3.05, 3.63) is 77.6 Å². The second-order valence-corrected chi connectivity index (χ2v) is 10.8. The number of piperidine rings is 1. The molecular formula is C25H31N5O3S. The van der Waals surface area contributed by atoms with Gasteiger partial charge >= 0.3 is 0 Å². The number of nitrogens with zero attached hydrogens (tertiary/aromatic N) is 4. The first-order chi connectivity index (χ1) is 16.4.